The normalized spacial score (nSPS) is 30.2. The van der Waals surface area contributed by atoms with Crippen molar-refractivity contribution in [2.45, 2.75) is 58.9 Å². The molecule has 2 amide bonds. The van der Waals surface area contributed by atoms with E-state index in [0.29, 0.717) is 23.7 Å². The molecule has 1 aromatic rings. The van der Waals surface area contributed by atoms with Crippen molar-refractivity contribution in [1.82, 2.24) is 14.7 Å². The van der Waals surface area contributed by atoms with Gasteiger partial charge in [0.15, 0.2) is 0 Å². The third-order valence-electron chi connectivity index (χ3n) is 6.30. The number of urea groups is 1. The lowest BCUT2D eigenvalue weighted by molar-refractivity contribution is 0.216. The number of fused-ring (bicyclic) bond motifs is 5. The van der Waals surface area contributed by atoms with Crippen molar-refractivity contribution in [1.29, 1.82) is 0 Å². The summed E-state index contributed by atoms with van der Waals surface area (Å²) >= 11 is 0. The van der Waals surface area contributed by atoms with Crippen molar-refractivity contribution >= 4 is 11.8 Å². The van der Waals surface area contributed by atoms with Crippen molar-refractivity contribution in [3.05, 3.63) is 23.9 Å². The Bertz CT molecular complexity index is 729. The van der Waals surface area contributed by atoms with Crippen LogP contribution in [0.1, 0.15) is 53.7 Å². The second-order valence-corrected chi connectivity index (χ2v) is 10.4. The molecule has 0 spiro atoms. The van der Waals surface area contributed by atoms with Gasteiger partial charge in [-0.3, -0.25) is 5.32 Å². The number of anilines is 1. The number of aromatic nitrogens is 2. The number of amides is 2. The van der Waals surface area contributed by atoms with Gasteiger partial charge in [0.25, 0.3) is 0 Å². The fraction of sp³-hybridized carbons (Fsp3) is 0.714. The van der Waals surface area contributed by atoms with E-state index in [2.05, 4.69) is 59.0 Å². The van der Waals surface area contributed by atoms with Crippen LogP contribution in [0, 0.1) is 23.7 Å². The van der Waals surface area contributed by atoms with Gasteiger partial charge < -0.3 is 4.90 Å². The van der Waals surface area contributed by atoms with Crippen LogP contribution in [0.4, 0.5) is 10.6 Å². The molecule has 2 bridgehead atoms. The van der Waals surface area contributed by atoms with Gasteiger partial charge in [-0.15, -0.1) is 0 Å². The lowest BCUT2D eigenvalue weighted by Gasteiger charge is -2.24. The second kappa shape index (κ2) is 5.61. The van der Waals surface area contributed by atoms with Gasteiger partial charge >= 0.3 is 6.03 Å². The topological polar surface area (TPSA) is 50.2 Å². The van der Waals surface area contributed by atoms with E-state index in [0.717, 1.165) is 24.6 Å². The van der Waals surface area contributed by atoms with Crippen molar-refractivity contribution in [2.24, 2.45) is 23.7 Å². The highest BCUT2D eigenvalue weighted by atomic mass is 16.2. The summed E-state index contributed by atoms with van der Waals surface area (Å²) in [7, 11) is 0. The molecule has 26 heavy (non-hydrogen) atoms. The average molecular weight is 357 g/mol. The Kier molecular flexibility index (Phi) is 3.80. The number of hydrogen-bond acceptors (Lipinski definition) is 2. The van der Waals surface area contributed by atoms with E-state index in [1.165, 1.54) is 6.42 Å². The highest BCUT2D eigenvalue weighted by Gasteiger charge is 2.50. The molecule has 1 aliphatic heterocycles. The van der Waals surface area contributed by atoms with E-state index in [4.69, 9.17) is 5.10 Å². The fourth-order valence-corrected chi connectivity index (χ4v) is 4.85. The van der Waals surface area contributed by atoms with Crippen LogP contribution in [-0.2, 0) is 11.0 Å². The van der Waals surface area contributed by atoms with Gasteiger partial charge in [0, 0.05) is 24.6 Å². The van der Waals surface area contributed by atoms with Gasteiger partial charge in [-0.05, 0) is 50.9 Å². The number of hydrogen-bond donors (Lipinski definition) is 1. The molecule has 1 aromatic heterocycles. The minimum absolute atomic E-state index is 0.0182. The lowest BCUT2D eigenvalue weighted by atomic mass is 9.86. The molecule has 2 fully saturated rings. The third kappa shape index (κ3) is 2.85. The molecule has 2 aliphatic carbocycles. The Hall–Kier alpha value is -1.78. The van der Waals surface area contributed by atoms with Crippen molar-refractivity contribution in [3.8, 4) is 0 Å². The molecule has 142 valence electrons. The van der Waals surface area contributed by atoms with Crippen molar-refractivity contribution in [2.75, 3.05) is 18.4 Å². The van der Waals surface area contributed by atoms with E-state index >= 15 is 0 Å². The van der Waals surface area contributed by atoms with Gasteiger partial charge in [0.2, 0.25) is 0 Å². The standard InChI is InChI=1S/C21H32N4O/c1-20(2,3)17-10-18(25(23-17)21(4,5)6)22-19(26)24-11-15-13-7-8-14(9-13)16(15)12-24/h7-8,10,13-16H,9,11-12H2,1-6H3,(H,22,26)/t13?,14?,15-,16+. The van der Waals surface area contributed by atoms with Crippen LogP contribution >= 0.6 is 0 Å². The molecule has 2 heterocycles. The first-order chi connectivity index (χ1) is 12.0. The predicted molar refractivity (Wildman–Crippen MR) is 104 cm³/mol. The summed E-state index contributed by atoms with van der Waals surface area (Å²) in [5, 5.41) is 7.96. The molecule has 4 rings (SSSR count). The van der Waals surface area contributed by atoms with Gasteiger partial charge in [-0.2, -0.15) is 5.10 Å². The van der Waals surface area contributed by atoms with Crippen LogP contribution in [0.3, 0.4) is 0 Å². The molecular formula is C21H32N4O. The summed E-state index contributed by atoms with van der Waals surface area (Å²) in [5.74, 6) is 3.50. The maximum absolute atomic E-state index is 13.0. The van der Waals surface area contributed by atoms with Crippen molar-refractivity contribution < 1.29 is 4.79 Å². The maximum Gasteiger partial charge on any atom is 0.323 e. The van der Waals surface area contributed by atoms with E-state index in [-0.39, 0.29) is 17.0 Å². The quantitative estimate of drug-likeness (QED) is 0.766. The molecule has 1 saturated heterocycles. The summed E-state index contributed by atoms with van der Waals surface area (Å²) in [6.45, 7) is 14.6. The third-order valence-corrected chi connectivity index (χ3v) is 6.30. The smallest absolute Gasteiger partial charge is 0.323 e. The minimum atomic E-state index is -0.184. The maximum atomic E-state index is 13.0. The van der Waals surface area contributed by atoms with Crippen molar-refractivity contribution in [3.63, 3.8) is 0 Å². The number of carbonyl (C=O) groups is 1. The van der Waals surface area contributed by atoms with Crippen LogP contribution in [0.25, 0.3) is 0 Å². The fourth-order valence-electron chi connectivity index (χ4n) is 4.85. The monoisotopic (exact) mass is 356 g/mol. The highest BCUT2D eigenvalue weighted by Crippen LogP contribution is 2.51. The van der Waals surface area contributed by atoms with Gasteiger partial charge in [-0.1, -0.05) is 32.9 Å². The molecule has 5 heteroatoms. The molecule has 3 aliphatic rings. The lowest BCUT2D eigenvalue weighted by Crippen LogP contribution is -2.36. The molecule has 1 N–H and O–H groups in total. The van der Waals surface area contributed by atoms with Crippen LogP contribution < -0.4 is 5.32 Å². The second-order valence-electron chi connectivity index (χ2n) is 10.4. The SMILES string of the molecule is CC(C)(C)c1cc(NC(=O)N2C[C@@H]3C4C=CC(C4)[C@@H]3C2)n(C(C)(C)C)n1. The molecular weight excluding hydrogens is 324 g/mol. The van der Waals surface area contributed by atoms with Gasteiger partial charge in [0.1, 0.15) is 5.82 Å². The highest BCUT2D eigenvalue weighted by molar-refractivity contribution is 5.88. The largest absolute Gasteiger partial charge is 0.324 e. The Morgan fingerprint density at radius 1 is 1.08 bits per heavy atom. The zero-order chi connectivity index (χ0) is 18.9. The summed E-state index contributed by atoms with van der Waals surface area (Å²) in [6, 6.07) is 2.05. The van der Waals surface area contributed by atoms with Gasteiger partial charge in [0.05, 0.1) is 11.2 Å². The van der Waals surface area contributed by atoms with E-state index in [9.17, 15) is 4.79 Å². The molecule has 0 aromatic carbocycles. The first-order valence-electron chi connectivity index (χ1n) is 9.89. The van der Waals surface area contributed by atoms with Crippen LogP contribution in [-0.4, -0.2) is 33.8 Å². The Morgan fingerprint density at radius 3 is 2.15 bits per heavy atom. The van der Waals surface area contributed by atoms with Crippen LogP contribution in [0.5, 0.6) is 0 Å². The molecule has 4 atom stereocenters. The Morgan fingerprint density at radius 2 is 1.65 bits per heavy atom. The zero-order valence-electron chi connectivity index (χ0n) is 16.9. The first-order valence-corrected chi connectivity index (χ1v) is 9.89. The number of rotatable bonds is 1. The average Bonchev–Trinajstić information content (AvgIpc) is 3.26. The number of nitrogens with one attached hydrogen (secondary N) is 1. The molecule has 0 radical (unpaired) electrons. The Labute approximate surface area is 156 Å². The summed E-state index contributed by atoms with van der Waals surface area (Å²) in [5.41, 5.74) is 0.769. The van der Waals surface area contributed by atoms with E-state index in [1.54, 1.807) is 0 Å². The predicted octanol–water partition coefficient (Wildman–Crippen LogP) is 4.22. The summed E-state index contributed by atoms with van der Waals surface area (Å²) in [4.78, 5) is 15.0. The molecule has 2 unspecified atom stereocenters. The van der Waals surface area contributed by atoms with E-state index in [1.807, 2.05) is 15.6 Å². The minimum Gasteiger partial charge on any atom is -0.324 e. The van der Waals surface area contributed by atoms with E-state index < -0.39 is 0 Å². The zero-order valence-corrected chi connectivity index (χ0v) is 16.9. The number of likely N-dealkylation sites (tertiary alicyclic amines) is 1. The Balaban J connectivity index is 1.52. The molecule has 5 nitrogen and oxygen atoms in total. The number of nitrogens with zero attached hydrogens (tertiary/aromatic N) is 3. The van der Waals surface area contributed by atoms with Crippen LogP contribution in [0.2, 0.25) is 0 Å². The number of carbonyl (C=O) groups excluding carboxylic acids is 1. The summed E-state index contributed by atoms with van der Waals surface area (Å²) < 4.78 is 1.95. The number of allylic oxidation sites excluding steroid dienone is 2. The van der Waals surface area contributed by atoms with Gasteiger partial charge in [-0.25, -0.2) is 9.48 Å². The molecule has 1 saturated carbocycles. The summed E-state index contributed by atoms with van der Waals surface area (Å²) in [6.07, 6.45) is 6.05. The first kappa shape index (κ1) is 17.6. The van der Waals surface area contributed by atoms with Crippen LogP contribution in [0.15, 0.2) is 18.2 Å².